The summed E-state index contributed by atoms with van der Waals surface area (Å²) in [5.41, 5.74) is 0. The number of hydrogen-bond acceptors (Lipinski definition) is 7. The fourth-order valence-electron chi connectivity index (χ4n) is 1.47. The van der Waals surface area contributed by atoms with Gasteiger partial charge in [-0.1, -0.05) is 23.2 Å². The van der Waals surface area contributed by atoms with Crippen LogP contribution >= 0.6 is 55.9 Å². The van der Waals surface area contributed by atoms with Crippen molar-refractivity contribution < 1.29 is 26.3 Å². The first-order chi connectivity index (χ1) is 11.4. The lowest BCUT2D eigenvalue weighted by Gasteiger charge is -2.07. The van der Waals surface area contributed by atoms with Gasteiger partial charge in [-0.2, -0.15) is 0 Å². The van der Waals surface area contributed by atoms with Crippen molar-refractivity contribution >= 4 is 74.0 Å². The van der Waals surface area contributed by atoms with Gasteiger partial charge in [0.1, 0.15) is 25.6 Å². The Morgan fingerprint density at radius 1 is 0.880 bits per heavy atom. The molecule has 2 aromatic rings. The molecule has 1 aromatic heterocycles. The van der Waals surface area contributed by atoms with Crippen LogP contribution in [0.3, 0.4) is 0 Å². The molecule has 0 aliphatic rings. The van der Waals surface area contributed by atoms with Crippen LogP contribution in [0.25, 0.3) is 0 Å². The first-order valence-electron chi connectivity index (χ1n) is 5.96. The molecule has 1 aromatic carbocycles. The maximum absolute atomic E-state index is 11.1. The van der Waals surface area contributed by atoms with Gasteiger partial charge in [0.15, 0.2) is 0 Å². The standard InChI is InChI=1S/C8H9ClO4S.C4HCl3O2S2/c1-12-6-3-4-7(13-2)8(5-6)14(9,10)11;5-3-1-2(4(6)10-3)11(7,8)9/h3-5H,1-2H3;1H. The molecule has 1 heterocycles. The number of thiophene rings is 1. The molecule has 0 saturated carbocycles. The Morgan fingerprint density at radius 2 is 1.44 bits per heavy atom. The molecule has 0 bridgehead atoms. The molecule has 25 heavy (non-hydrogen) atoms. The zero-order chi connectivity index (χ0) is 19.4. The maximum Gasteiger partial charge on any atom is 0.265 e. The van der Waals surface area contributed by atoms with E-state index in [1.165, 1.54) is 32.4 Å². The summed E-state index contributed by atoms with van der Waals surface area (Å²) in [7, 11) is 5.47. The van der Waals surface area contributed by atoms with Crippen LogP contribution in [0.2, 0.25) is 8.67 Å². The zero-order valence-corrected chi connectivity index (χ0v) is 18.0. The summed E-state index contributed by atoms with van der Waals surface area (Å²) in [6, 6.07) is 5.59. The van der Waals surface area contributed by atoms with Crippen molar-refractivity contribution in [3.63, 3.8) is 0 Å². The fourth-order valence-corrected chi connectivity index (χ4v) is 5.72. The summed E-state index contributed by atoms with van der Waals surface area (Å²) in [5.74, 6) is 0.603. The van der Waals surface area contributed by atoms with Gasteiger partial charge in [0.25, 0.3) is 18.1 Å². The SMILES string of the molecule is COc1ccc(OC)c(S(=O)(=O)Cl)c1.O=S(=O)(Cl)c1cc(Cl)sc1Cl. The molecule has 0 radical (unpaired) electrons. The minimum atomic E-state index is -3.81. The van der Waals surface area contributed by atoms with E-state index in [4.69, 9.17) is 54.0 Å². The fraction of sp³-hybridized carbons (Fsp3) is 0.167. The van der Waals surface area contributed by atoms with E-state index >= 15 is 0 Å². The van der Waals surface area contributed by atoms with E-state index in [1.54, 1.807) is 6.07 Å². The van der Waals surface area contributed by atoms with E-state index in [0.29, 0.717) is 10.1 Å². The lowest BCUT2D eigenvalue weighted by atomic mass is 10.3. The highest BCUT2D eigenvalue weighted by Crippen LogP contribution is 2.35. The van der Waals surface area contributed by atoms with Crippen molar-refractivity contribution in [3.05, 3.63) is 32.9 Å². The van der Waals surface area contributed by atoms with Crippen molar-refractivity contribution in [2.75, 3.05) is 14.2 Å². The van der Waals surface area contributed by atoms with Crippen LogP contribution in [-0.2, 0) is 18.1 Å². The monoisotopic (exact) mass is 486 g/mol. The third kappa shape index (κ3) is 6.67. The number of rotatable bonds is 4. The van der Waals surface area contributed by atoms with Crippen LogP contribution in [0.1, 0.15) is 0 Å². The van der Waals surface area contributed by atoms with Gasteiger partial charge in [0, 0.05) is 27.4 Å². The molecular formula is C12H10Cl4O6S3. The van der Waals surface area contributed by atoms with Crippen molar-refractivity contribution in [1.82, 2.24) is 0 Å². The highest BCUT2D eigenvalue weighted by atomic mass is 35.7. The Kier molecular flexibility index (Phi) is 8.13. The molecule has 6 nitrogen and oxygen atoms in total. The lowest BCUT2D eigenvalue weighted by Crippen LogP contribution is -1.96. The van der Waals surface area contributed by atoms with E-state index in [2.05, 4.69) is 0 Å². The number of benzene rings is 1. The molecule has 0 fully saturated rings. The van der Waals surface area contributed by atoms with Gasteiger partial charge in [-0.05, 0) is 18.2 Å². The summed E-state index contributed by atoms with van der Waals surface area (Å²) in [6.07, 6.45) is 0. The van der Waals surface area contributed by atoms with Crippen LogP contribution in [0.4, 0.5) is 0 Å². The van der Waals surface area contributed by atoms with Gasteiger partial charge in [0.05, 0.1) is 18.6 Å². The molecule has 0 unspecified atom stereocenters. The molecule has 0 spiro atoms. The third-order valence-electron chi connectivity index (χ3n) is 2.52. The highest BCUT2D eigenvalue weighted by molar-refractivity contribution is 8.14. The van der Waals surface area contributed by atoms with Gasteiger partial charge in [-0.15, -0.1) is 11.3 Å². The van der Waals surface area contributed by atoms with Crippen LogP contribution in [0.15, 0.2) is 34.1 Å². The topological polar surface area (TPSA) is 86.7 Å². The molecule has 140 valence electrons. The summed E-state index contributed by atoms with van der Waals surface area (Å²) in [6.45, 7) is 0. The molecule has 0 atom stereocenters. The van der Waals surface area contributed by atoms with Crippen LogP contribution in [0.5, 0.6) is 11.5 Å². The molecular weight excluding hydrogens is 478 g/mol. The molecule has 0 amide bonds. The van der Waals surface area contributed by atoms with Crippen LogP contribution in [0, 0.1) is 0 Å². The zero-order valence-electron chi connectivity index (χ0n) is 12.5. The Hall–Kier alpha value is -0.420. The Bertz CT molecular complexity index is 953. The van der Waals surface area contributed by atoms with Crippen LogP contribution in [-0.4, -0.2) is 31.1 Å². The number of methoxy groups -OCH3 is 2. The third-order valence-corrected chi connectivity index (χ3v) is 6.94. The van der Waals surface area contributed by atoms with Gasteiger partial charge in [-0.25, -0.2) is 16.8 Å². The second-order valence-electron chi connectivity index (χ2n) is 4.08. The lowest BCUT2D eigenvalue weighted by molar-refractivity contribution is 0.392. The summed E-state index contributed by atoms with van der Waals surface area (Å²) < 4.78 is 53.7. The van der Waals surface area contributed by atoms with E-state index in [1.807, 2.05) is 0 Å². The minimum absolute atomic E-state index is 0.0880. The second-order valence-corrected chi connectivity index (χ2v) is 11.4. The van der Waals surface area contributed by atoms with E-state index in [9.17, 15) is 16.8 Å². The first kappa shape index (κ1) is 22.6. The number of halogens is 4. The quantitative estimate of drug-likeness (QED) is 0.585. The average molecular weight is 488 g/mol. The number of hydrogen-bond donors (Lipinski definition) is 0. The Labute approximate surface area is 168 Å². The molecule has 0 aliphatic carbocycles. The smallest absolute Gasteiger partial charge is 0.265 e. The van der Waals surface area contributed by atoms with Crippen LogP contribution < -0.4 is 9.47 Å². The number of ether oxygens (including phenoxy) is 2. The normalized spacial score (nSPS) is 11.4. The summed E-state index contributed by atoms with van der Waals surface area (Å²) in [4.78, 5) is -0.225. The highest BCUT2D eigenvalue weighted by Gasteiger charge is 2.18. The van der Waals surface area contributed by atoms with Gasteiger partial charge < -0.3 is 9.47 Å². The molecule has 0 N–H and O–H groups in total. The largest absolute Gasteiger partial charge is 0.497 e. The predicted octanol–water partition coefficient (Wildman–Crippen LogP) is 4.61. The van der Waals surface area contributed by atoms with Gasteiger partial charge in [0.2, 0.25) is 0 Å². The second kappa shape index (κ2) is 8.98. The van der Waals surface area contributed by atoms with Crippen molar-refractivity contribution in [3.8, 4) is 11.5 Å². The molecule has 13 heteroatoms. The summed E-state index contributed by atoms with van der Waals surface area (Å²) >= 11 is 11.9. The van der Waals surface area contributed by atoms with E-state index < -0.39 is 18.1 Å². The predicted molar refractivity (Wildman–Crippen MR) is 100.0 cm³/mol. The summed E-state index contributed by atoms with van der Waals surface area (Å²) in [5, 5.41) is 0. The molecule has 0 saturated heterocycles. The average Bonchev–Trinajstić information content (AvgIpc) is 2.85. The maximum atomic E-state index is 11.1. The van der Waals surface area contributed by atoms with Crippen molar-refractivity contribution in [2.24, 2.45) is 0 Å². The minimum Gasteiger partial charge on any atom is -0.497 e. The van der Waals surface area contributed by atoms with Crippen molar-refractivity contribution in [2.45, 2.75) is 9.79 Å². The molecule has 2 rings (SSSR count). The first-order valence-corrected chi connectivity index (χ1v) is 12.2. The molecule has 0 aliphatic heterocycles. The van der Waals surface area contributed by atoms with Gasteiger partial charge >= 0.3 is 0 Å². The van der Waals surface area contributed by atoms with Gasteiger partial charge in [-0.3, -0.25) is 0 Å². The van der Waals surface area contributed by atoms with Crippen molar-refractivity contribution in [1.29, 1.82) is 0 Å². The van der Waals surface area contributed by atoms with E-state index in [-0.39, 0.29) is 19.9 Å². The Balaban J connectivity index is 0.000000257. The van der Waals surface area contributed by atoms with E-state index in [0.717, 1.165) is 11.3 Å². The Morgan fingerprint density at radius 3 is 1.76 bits per heavy atom.